The highest BCUT2D eigenvalue weighted by Crippen LogP contribution is 2.38. The zero-order chi connectivity index (χ0) is 11.8. The van der Waals surface area contributed by atoms with E-state index in [1.54, 1.807) is 0 Å². The third kappa shape index (κ3) is 1.61. The van der Waals surface area contributed by atoms with E-state index in [2.05, 4.69) is 18.9 Å². The predicted octanol–water partition coefficient (Wildman–Crippen LogP) is 1.73. The Morgan fingerprint density at radius 2 is 2.12 bits per heavy atom. The summed E-state index contributed by atoms with van der Waals surface area (Å²) < 4.78 is 0. The number of nitrogens with zero attached hydrogens (tertiary/aromatic N) is 1. The third-order valence-electron chi connectivity index (χ3n) is 3.77. The average molecular weight is 218 g/mol. The van der Waals surface area contributed by atoms with E-state index in [1.165, 1.54) is 6.42 Å². The molecular weight excluding hydrogens is 200 g/mol. The lowest BCUT2D eigenvalue weighted by Gasteiger charge is -2.34. The first-order chi connectivity index (χ1) is 7.55. The van der Waals surface area contributed by atoms with Crippen molar-refractivity contribution in [1.82, 2.24) is 4.90 Å². The molecule has 2 rings (SSSR count). The Bertz CT molecular complexity index is 416. The van der Waals surface area contributed by atoms with Crippen LogP contribution in [0.4, 0.5) is 0 Å². The van der Waals surface area contributed by atoms with Gasteiger partial charge in [-0.3, -0.25) is 9.69 Å². The van der Waals surface area contributed by atoms with Crippen molar-refractivity contribution < 1.29 is 4.79 Å². The van der Waals surface area contributed by atoms with Gasteiger partial charge in [0.1, 0.15) is 0 Å². The molecule has 1 aromatic carbocycles. The van der Waals surface area contributed by atoms with Crippen LogP contribution >= 0.6 is 0 Å². The molecule has 1 atom stereocenters. The van der Waals surface area contributed by atoms with E-state index in [4.69, 9.17) is 5.73 Å². The van der Waals surface area contributed by atoms with Crippen LogP contribution < -0.4 is 5.73 Å². The molecule has 1 heterocycles. The van der Waals surface area contributed by atoms with Crippen molar-refractivity contribution in [3.05, 3.63) is 35.4 Å². The van der Waals surface area contributed by atoms with Gasteiger partial charge in [0.05, 0.1) is 0 Å². The van der Waals surface area contributed by atoms with Crippen molar-refractivity contribution in [2.24, 2.45) is 5.73 Å². The molecule has 3 nitrogen and oxygen atoms in total. The summed E-state index contributed by atoms with van der Waals surface area (Å²) in [4.78, 5) is 13.7. The largest absolute Gasteiger partial charge is 0.366 e. The average Bonchev–Trinajstić information content (AvgIpc) is 2.60. The van der Waals surface area contributed by atoms with Crippen LogP contribution in [0.25, 0.3) is 0 Å². The normalized spacial score (nSPS) is 25.9. The molecule has 1 fully saturated rings. The molecule has 1 aliphatic rings. The number of primary amides is 1. The zero-order valence-corrected chi connectivity index (χ0v) is 9.86. The second kappa shape index (κ2) is 3.91. The molecule has 1 amide bonds. The topological polar surface area (TPSA) is 46.3 Å². The third-order valence-corrected chi connectivity index (χ3v) is 3.77. The van der Waals surface area contributed by atoms with Gasteiger partial charge in [0.15, 0.2) is 0 Å². The highest BCUT2D eigenvalue weighted by Gasteiger charge is 2.37. The van der Waals surface area contributed by atoms with E-state index < -0.39 is 0 Å². The van der Waals surface area contributed by atoms with Crippen molar-refractivity contribution in [2.75, 3.05) is 13.6 Å². The van der Waals surface area contributed by atoms with E-state index in [-0.39, 0.29) is 11.4 Å². The molecule has 0 saturated carbocycles. The first-order valence-corrected chi connectivity index (χ1v) is 5.66. The summed E-state index contributed by atoms with van der Waals surface area (Å²) in [5.74, 6) is -0.336. The van der Waals surface area contributed by atoms with Gasteiger partial charge in [0.25, 0.3) is 0 Å². The first kappa shape index (κ1) is 11.1. The van der Waals surface area contributed by atoms with E-state index >= 15 is 0 Å². The van der Waals surface area contributed by atoms with Gasteiger partial charge in [-0.25, -0.2) is 0 Å². The molecular formula is C13H18N2O. The quantitative estimate of drug-likeness (QED) is 0.821. The Kier molecular flexibility index (Phi) is 2.72. The predicted molar refractivity (Wildman–Crippen MR) is 64.2 cm³/mol. The summed E-state index contributed by atoms with van der Waals surface area (Å²) in [5, 5.41) is 0. The van der Waals surface area contributed by atoms with Crippen molar-refractivity contribution in [3.63, 3.8) is 0 Å². The lowest BCUT2D eigenvalue weighted by atomic mass is 9.86. The molecule has 2 N–H and O–H groups in total. The number of carbonyl (C=O) groups excluding carboxylic acids is 1. The molecule has 0 radical (unpaired) electrons. The van der Waals surface area contributed by atoms with Crippen LogP contribution in [-0.4, -0.2) is 24.4 Å². The Morgan fingerprint density at radius 1 is 1.44 bits per heavy atom. The molecule has 0 spiro atoms. The fourth-order valence-corrected chi connectivity index (χ4v) is 2.61. The van der Waals surface area contributed by atoms with Crippen molar-refractivity contribution in [2.45, 2.75) is 25.3 Å². The van der Waals surface area contributed by atoms with Crippen LogP contribution in [0.3, 0.4) is 0 Å². The zero-order valence-electron chi connectivity index (χ0n) is 9.86. The van der Waals surface area contributed by atoms with Crippen LogP contribution in [0, 0.1) is 0 Å². The fourth-order valence-electron chi connectivity index (χ4n) is 2.61. The van der Waals surface area contributed by atoms with Crippen molar-refractivity contribution >= 4 is 5.91 Å². The Morgan fingerprint density at radius 3 is 2.69 bits per heavy atom. The molecule has 1 saturated heterocycles. The molecule has 0 bridgehead atoms. The smallest absolute Gasteiger partial charge is 0.249 e. The Hall–Kier alpha value is -1.35. The van der Waals surface area contributed by atoms with Crippen LogP contribution in [0.15, 0.2) is 24.3 Å². The summed E-state index contributed by atoms with van der Waals surface area (Å²) in [6, 6.07) is 7.66. The number of amides is 1. The molecule has 1 unspecified atom stereocenters. The number of carbonyl (C=O) groups is 1. The molecule has 0 aliphatic carbocycles. The highest BCUT2D eigenvalue weighted by atomic mass is 16.1. The van der Waals surface area contributed by atoms with Gasteiger partial charge in [-0.1, -0.05) is 18.2 Å². The summed E-state index contributed by atoms with van der Waals surface area (Å²) in [7, 11) is 2.10. The number of likely N-dealkylation sites (tertiary alicyclic amines) is 1. The fraction of sp³-hybridized carbons (Fsp3) is 0.462. The van der Waals surface area contributed by atoms with Crippen LogP contribution in [0.5, 0.6) is 0 Å². The van der Waals surface area contributed by atoms with Gasteiger partial charge < -0.3 is 5.73 Å². The highest BCUT2D eigenvalue weighted by molar-refractivity contribution is 5.94. The van der Waals surface area contributed by atoms with E-state index in [1.807, 2.05) is 24.3 Å². The second-order valence-corrected chi connectivity index (χ2v) is 4.71. The molecule has 1 aromatic rings. The number of benzene rings is 1. The van der Waals surface area contributed by atoms with Gasteiger partial charge in [-0.15, -0.1) is 0 Å². The molecule has 3 heteroatoms. The van der Waals surface area contributed by atoms with E-state index in [9.17, 15) is 4.79 Å². The minimum Gasteiger partial charge on any atom is -0.366 e. The van der Waals surface area contributed by atoms with Gasteiger partial charge in [-0.05, 0) is 45.0 Å². The van der Waals surface area contributed by atoms with Crippen LogP contribution in [0.1, 0.15) is 35.7 Å². The number of hydrogen-bond acceptors (Lipinski definition) is 2. The van der Waals surface area contributed by atoms with Crippen LogP contribution in [-0.2, 0) is 5.54 Å². The maximum atomic E-state index is 11.4. The molecule has 1 aliphatic heterocycles. The maximum Gasteiger partial charge on any atom is 0.249 e. The number of rotatable bonds is 2. The lowest BCUT2D eigenvalue weighted by Crippen LogP contribution is -2.37. The summed E-state index contributed by atoms with van der Waals surface area (Å²) >= 11 is 0. The Balaban J connectivity index is 2.51. The standard InChI is InChI=1S/C13H18N2O/c1-13(8-5-9-15(13)2)11-7-4-3-6-10(11)12(14)16/h3-4,6-7H,5,8-9H2,1-2H3,(H2,14,16). The van der Waals surface area contributed by atoms with Gasteiger partial charge in [-0.2, -0.15) is 0 Å². The lowest BCUT2D eigenvalue weighted by molar-refractivity contribution is 0.0993. The number of nitrogens with two attached hydrogens (primary N) is 1. The maximum absolute atomic E-state index is 11.4. The van der Waals surface area contributed by atoms with Crippen LogP contribution in [0.2, 0.25) is 0 Å². The van der Waals surface area contributed by atoms with Crippen molar-refractivity contribution in [1.29, 1.82) is 0 Å². The SMILES string of the molecule is CN1CCCC1(C)c1ccccc1C(N)=O. The minimum absolute atomic E-state index is 0.0500. The molecule has 86 valence electrons. The second-order valence-electron chi connectivity index (χ2n) is 4.71. The summed E-state index contributed by atoms with van der Waals surface area (Å²) in [6.45, 7) is 3.26. The van der Waals surface area contributed by atoms with Crippen molar-refractivity contribution in [3.8, 4) is 0 Å². The van der Waals surface area contributed by atoms with E-state index in [0.717, 1.165) is 18.5 Å². The Labute approximate surface area is 96.2 Å². The van der Waals surface area contributed by atoms with Gasteiger partial charge >= 0.3 is 0 Å². The monoisotopic (exact) mass is 218 g/mol. The summed E-state index contributed by atoms with van der Waals surface area (Å²) in [6.07, 6.45) is 2.24. The first-order valence-electron chi connectivity index (χ1n) is 5.66. The molecule has 0 aromatic heterocycles. The minimum atomic E-state index is -0.336. The van der Waals surface area contributed by atoms with Gasteiger partial charge in [0.2, 0.25) is 5.91 Å². The van der Waals surface area contributed by atoms with Gasteiger partial charge in [0, 0.05) is 11.1 Å². The summed E-state index contributed by atoms with van der Waals surface area (Å²) in [5.41, 5.74) is 7.09. The number of hydrogen-bond donors (Lipinski definition) is 1. The van der Waals surface area contributed by atoms with E-state index in [0.29, 0.717) is 5.56 Å². The molecule has 16 heavy (non-hydrogen) atoms.